The Labute approximate surface area is 393 Å². The van der Waals surface area contributed by atoms with Crippen LogP contribution in [0.3, 0.4) is 0 Å². The van der Waals surface area contributed by atoms with Gasteiger partial charge in [-0.1, -0.05) is 224 Å². The lowest BCUT2D eigenvalue weighted by molar-refractivity contribution is 0.953. The number of nitrogens with zero attached hydrogens (tertiary/aromatic N) is 5. The summed E-state index contributed by atoms with van der Waals surface area (Å²) in [7, 11) is 0. The highest BCUT2D eigenvalue weighted by Crippen LogP contribution is 2.52. The van der Waals surface area contributed by atoms with Crippen LogP contribution < -0.4 is 0 Å². The molecule has 10 aromatic carbocycles. The Balaban J connectivity index is 1.22. The van der Waals surface area contributed by atoms with Crippen LogP contribution in [-0.4, -0.2) is 24.1 Å². The molecule has 0 saturated heterocycles. The van der Waals surface area contributed by atoms with Crippen molar-refractivity contribution in [3.8, 4) is 78.9 Å². The molecule has 0 aliphatic carbocycles. The molecule has 3 aromatic heterocycles. The molecule has 0 atom stereocenters. The third-order valence-corrected chi connectivity index (χ3v) is 13.2. The predicted octanol–water partition coefficient (Wildman–Crippen LogP) is 16.1. The minimum Gasteiger partial charge on any atom is -0.307 e. The van der Waals surface area contributed by atoms with Gasteiger partial charge in [-0.3, -0.25) is 4.57 Å². The van der Waals surface area contributed by atoms with E-state index in [4.69, 9.17) is 15.0 Å². The smallest absolute Gasteiger partial charge is 0.238 e. The molecule has 0 aliphatic heterocycles. The van der Waals surface area contributed by atoms with Crippen molar-refractivity contribution >= 4 is 43.6 Å². The summed E-state index contributed by atoms with van der Waals surface area (Å²) in [6.07, 6.45) is 0. The number of para-hydroxylation sites is 2. The van der Waals surface area contributed by atoms with Crippen LogP contribution in [0.2, 0.25) is 0 Å². The summed E-state index contributed by atoms with van der Waals surface area (Å²) in [5.41, 5.74) is 16.2. The first-order chi connectivity index (χ1) is 33.8. The maximum absolute atomic E-state index is 5.51. The van der Waals surface area contributed by atoms with Crippen LogP contribution >= 0.6 is 0 Å². The zero-order chi connectivity index (χ0) is 45.0. The fraction of sp³-hybridized carbons (Fsp3) is 0. The molecule has 0 amide bonds. The standard InChI is InChI=1S/C63H41N5/c1-6-21-42(22-7-1)44-37-39-48(40-38-44)62-64-61(47-29-14-5-15-30-47)65-63(66-62)68-54-36-19-17-34-52(54)58-56(46-27-12-4-13-28-46)55(45-25-10-3-11-26-45)57-51-33-16-18-35-53(51)67(59(57)60(58)68)50-32-20-31-49(41-50)43-23-8-2-9-24-43/h1-41H. The minimum absolute atomic E-state index is 0.537. The zero-order valence-electron chi connectivity index (χ0n) is 36.9. The van der Waals surface area contributed by atoms with Crippen molar-refractivity contribution in [2.45, 2.75) is 0 Å². The second-order valence-electron chi connectivity index (χ2n) is 17.1. The summed E-state index contributed by atoms with van der Waals surface area (Å²) in [5, 5.41) is 4.53. The lowest BCUT2D eigenvalue weighted by Gasteiger charge is -2.18. The molecule has 5 heteroatoms. The first-order valence-electron chi connectivity index (χ1n) is 23.0. The highest BCUT2D eigenvalue weighted by Gasteiger charge is 2.30. The van der Waals surface area contributed by atoms with E-state index in [9.17, 15) is 0 Å². The van der Waals surface area contributed by atoms with E-state index in [1.807, 2.05) is 24.3 Å². The van der Waals surface area contributed by atoms with E-state index in [-0.39, 0.29) is 0 Å². The number of rotatable bonds is 8. The summed E-state index contributed by atoms with van der Waals surface area (Å²) in [5.74, 6) is 1.73. The monoisotopic (exact) mass is 867 g/mol. The van der Waals surface area contributed by atoms with Crippen LogP contribution in [-0.2, 0) is 0 Å². The summed E-state index contributed by atoms with van der Waals surface area (Å²) in [6, 6.07) is 88.2. The van der Waals surface area contributed by atoms with Gasteiger partial charge in [-0.2, -0.15) is 9.97 Å². The molecule has 13 rings (SSSR count). The van der Waals surface area contributed by atoms with E-state index in [0.717, 1.165) is 99.4 Å². The predicted molar refractivity (Wildman–Crippen MR) is 281 cm³/mol. The van der Waals surface area contributed by atoms with Crippen LogP contribution in [0.15, 0.2) is 249 Å². The van der Waals surface area contributed by atoms with Gasteiger partial charge in [0.25, 0.3) is 0 Å². The Morgan fingerprint density at radius 2 is 0.632 bits per heavy atom. The molecule has 68 heavy (non-hydrogen) atoms. The average molecular weight is 868 g/mol. The van der Waals surface area contributed by atoms with Crippen molar-refractivity contribution < 1.29 is 0 Å². The van der Waals surface area contributed by atoms with Crippen LogP contribution in [0.1, 0.15) is 0 Å². The normalized spacial score (nSPS) is 11.5. The number of aromatic nitrogens is 5. The Kier molecular flexibility index (Phi) is 9.43. The fourth-order valence-corrected chi connectivity index (χ4v) is 10.2. The Hall–Kier alpha value is -9.19. The maximum Gasteiger partial charge on any atom is 0.238 e. The van der Waals surface area contributed by atoms with Crippen molar-refractivity contribution in [1.82, 2.24) is 24.1 Å². The van der Waals surface area contributed by atoms with Gasteiger partial charge in [0.15, 0.2) is 11.6 Å². The molecule has 0 saturated carbocycles. The summed E-state index contributed by atoms with van der Waals surface area (Å²) < 4.78 is 4.78. The molecule has 0 unspecified atom stereocenters. The lowest BCUT2D eigenvalue weighted by atomic mass is 9.87. The Morgan fingerprint density at radius 1 is 0.265 bits per heavy atom. The topological polar surface area (TPSA) is 48.5 Å². The number of hydrogen-bond donors (Lipinski definition) is 0. The van der Waals surface area contributed by atoms with Crippen molar-refractivity contribution in [2.24, 2.45) is 0 Å². The molecule has 0 N–H and O–H groups in total. The molecule has 0 fully saturated rings. The van der Waals surface area contributed by atoms with Crippen LogP contribution in [0.4, 0.5) is 0 Å². The Bertz CT molecular complexity index is 3970. The third kappa shape index (κ3) is 6.51. The van der Waals surface area contributed by atoms with E-state index in [1.165, 1.54) is 5.56 Å². The summed E-state index contributed by atoms with van der Waals surface area (Å²) in [4.78, 5) is 16.2. The first-order valence-corrected chi connectivity index (χ1v) is 23.0. The molecule has 3 heterocycles. The van der Waals surface area contributed by atoms with Gasteiger partial charge in [0.1, 0.15) is 0 Å². The SMILES string of the molecule is c1ccc(-c2ccc(-c3nc(-c4ccccc4)nc(-n4c5ccccc5c5c(-c6ccccc6)c(-c6ccccc6)c6c7ccccc7n(-c7cccc(-c8ccccc8)c7)c6c54)n3)cc2)cc1. The van der Waals surface area contributed by atoms with Crippen LogP contribution in [0, 0.1) is 0 Å². The highest BCUT2D eigenvalue weighted by atomic mass is 15.2. The maximum atomic E-state index is 5.51. The molecular formula is C63H41N5. The van der Waals surface area contributed by atoms with E-state index in [1.54, 1.807) is 0 Å². The minimum atomic E-state index is 0.537. The molecule has 5 nitrogen and oxygen atoms in total. The van der Waals surface area contributed by atoms with Gasteiger partial charge in [-0.05, 0) is 57.6 Å². The van der Waals surface area contributed by atoms with E-state index >= 15 is 0 Å². The van der Waals surface area contributed by atoms with Gasteiger partial charge in [-0.25, -0.2) is 4.98 Å². The number of fused-ring (bicyclic) bond motifs is 7. The molecule has 0 spiro atoms. The average Bonchev–Trinajstić information content (AvgIpc) is 3.95. The van der Waals surface area contributed by atoms with E-state index in [0.29, 0.717) is 17.6 Å². The van der Waals surface area contributed by atoms with Gasteiger partial charge >= 0.3 is 0 Å². The van der Waals surface area contributed by atoms with Gasteiger partial charge in [0.05, 0.1) is 22.1 Å². The quantitative estimate of drug-likeness (QED) is 0.153. The molecule has 318 valence electrons. The largest absolute Gasteiger partial charge is 0.307 e. The van der Waals surface area contributed by atoms with Crippen molar-refractivity contribution in [3.05, 3.63) is 249 Å². The van der Waals surface area contributed by atoms with Gasteiger partial charge in [0, 0.05) is 49.5 Å². The van der Waals surface area contributed by atoms with E-state index < -0.39 is 0 Å². The van der Waals surface area contributed by atoms with Crippen molar-refractivity contribution in [2.75, 3.05) is 0 Å². The highest BCUT2D eigenvalue weighted by molar-refractivity contribution is 6.33. The number of benzene rings is 10. The molecule has 0 aliphatic rings. The van der Waals surface area contributed by atoms with Gasteiger partial charge in [-0.15, -0.1) is 0 Å². The van der Waals surface area contributed by atoms with Crippen molar-refractivity contribution in [3.63, 3.8) is 0 Å². The fourth-order valence-electron chi connectivity index (χ4n) is 10.2. The van der Waals surface area contributed by atoms with Gasteiger partial charge < -0.3 is 4.57 Å². The lowest BCUT2D eigenvalue weighted by Crippen LogP contribution is -2.07. The molecule has 0 bridgehead atoms. The first kappa shape index (κ1) is 39.2. The van der Waals surface area contributed by atoms with Crippen LogP contribution in [0.5, 0.6) is 0 Å². The van der Waals surface area contributed by atoms with Crippen molar-refractivity contribution in [1.29, 1.82) is 0 Å². The molecule has 13 aromatic rings. The molecular weight excluding hydrogens is 827 g/mol. The van der Waals surface area contributed by atoms with Gasteiger partial charge in [0.2, 0.25) is 5.95 Å². The second kappa shape index (κ2) is 16.4. The zero-order valence-corrected chi connectivity index (χ0v) is 36.9. The Morgan fingerprint density at radius 3 is 1.16 bits per heavy atom. The summed E-state index contributed by atoms with van der Waals surface area (Å²) in [6.45, 7) is 0. The second-order valence-corrected chi connectivity index (χ2v) is 17.1. The van der Waals surface area contributed by atoms with Crippen LogP contribution in [0.25, 0.3) is 123 Å². The number of hydrogen-bond acceptors (Lipinski definition) is 3. The summed E-state index contributed by atoms with van der Waals surface area (Å²) >= 11 is 0. The third-order valence-electron chi connectivity index (χ3n) is 13.2. The molecule has 0 radical (unpaired) electrons. The van der Waals surface area contributed by atoms with E-state index in [2.05, 4.69) is 234 Å².